The summed E-state index contributed by atoms with van der Waals surface area (Å²) in [6, 6.07) is 0. The first-order valence-corrected chi connectivity index (χ1v) is 18.2. The fourth-order valence-corrected chi connectivity index (χ4v) is 6.08. The van der Waals surface area contributed by atoms with Crippen LogP contribution in [-0.4, -0.2) is 20.1 Å². The van der Waals surface area contributed by atoms with Crippen molar-refractivity contribution in [3.8, 4) is 0 Å². The minimum absolute atomic E-state index is 0.211. The smallest absolute Gasteiger partial charge is 0.303 e. The molecule has 4 nitrogen and oxygen atoms in total. The minimum Gasteiger partial charge on any atom is -0.303 e. The van der Waals surface area contributed by atoms with Gasteiger partial charge in [0, 0.05) is 0 Å². The zero-order valence-corrected chi connectivity index (χ0v) is 26.8. The average molecular weight is 581 g/mol. The van der Waals surface area contributed by atoms with Gasteiger partial charge in [-0.15, -0.1) is 12.6 Å². The van der Waals surface area contributed by atoms with E-state index in [2.05, 4.69) is 19.6 Å². The number of phosphoric ester groups is 1. The zero-order chi connectivity index (χ0) is 27.5. The lowest BCUT2D eigenvalue weighted by Crippen LogP contribution is -2.17. The average Bonchev–Trinajstić information content (AvgIpc) is 2.84. The number of phosphoric acid groups is 1. The normalized spacial score (nSPS) is 12.8. The first kappa shape index (κ1) is 37.6. The SMILES string of the molecule is CCCCCCCCCCCCCCCCCCCCCCCCCCCCC(OP(=O)(O)O)C(=S)S. The molecule has 1 unspecified atom stereocenters. The molecule has 0 aromatic rings. The Kier molecular flexibility index (Phi) is 28.5. The predicted molar refractivity (Wildman–Crippen MR) is 169 cm³/mol. The summed E-state index contributed by atoms with van der Waals surface area (Å²) in [6.07, 6.45) is 35.2. The molecule has 7 heteroatoms. The van der Waals surface area contributed by atoms with Gasteiger partial charge >= 0.3 is 7.82 Å². The Morgan fingerprint density at radius 2 is 0.838 bits per heavy atom. The third-order valence-corrected chi connectivity index (χ3v) is 8.44. The highest BCUT2D eigenvalue weighted by atomic mass is 32.1. The van der Waals surface area contributed by atoms with Crippen molar-refractivity contribution in [2.24, 2.45) is 0 Å². The molecule has 0 aromatic heterocycles. The van der Waals surface area contributed by atoms with E-state index in [0.29, 0.717) is 6.42 Å². The molecule has 222 valence electrons. The molecule has 0 heterocycles. The second kappa shape index (κ2) is 28.1. The summed E-state index contributed by atoms with van der Waals surface area (Å²) in [5, 5.41) is 0. The summed E-state index contributed by atoms with van der Waals surface area (Å²) in [5.74, 6) is 0. The topological polar surface area (TPSA) is 66.8 Å². The van der Waals surface area contributed by atoms with Gasteiger partial charge in [-0.3, -0.25) is 4.52 Å². The first-order chi connectivity index (χ1) is 17.9. The van der Waals surface area contributed by atoms with Gasteiger partial charge in [-0.1, -0.05) is 186 Å². The lowest BCUT2D eigenvalue weighted by atomic mass is 10.0. The van der Waals surface area contributed by atoms with E-state index in [1.54, 1.807) is 0 Å². The Bertz CT molecular complexity index is 542. The van der Waals surface area contributed by atoms with Crippen molar-refractivity contribution in [1.82, 2.24) is 0 Å². The molecule has 2 N–H and O–H groups in total. The lowest BCUT2D eigenvalue weighted by molar-refractivity contribution is 0.166. The molecule has 0 saturated carbocycles. The summed E-state index contributed by atoms with van der Waals surface area (Å²) in [6.45, 7) is 2.29. The number of rotatable bonds is 30. The van der Waals surface area contributed by atoms with Crippen molar-refractivity contribution in [2.45, 2.75) is 186 Å². The molecule has 0 aromatic carbocycles. The molecule has 0 aliphatic carbocycles. The number of hydrogen-bond donors (Lipinski definition) is 3. The molecule has 1 atom stereocenters. The molecule has 0 bridgehead atoms. The van der Waals surface area contributed by atoms with Crippen LogP contribution in [0.25, 0.3) is 0 Å². The van der Waals surface area contributed by atoms with E-state index in [1.165, 1.54) is 148 Å². The molecule has 37 heavy (non-hydrogen) atoms. The van der Waals surface area contributed by atoms with Crippen LogP contribution >= 0.6 is 32.7 Å². The third kappa shape index (κ3) is 30.9. The van der Waals surface area contributed by atoms with Crippen LogP contribution in [0.1, 0.15) is 180 Å². The highest BCUT2D eigenvalue weighted by molar-refractivity contribution is 8.11. The van der Waals surface area contributed by atoms with Crippen molar-refractivity contribution in [2.75, 3.05) is 0 Å². The molecule has 0 spiro atoms. The van der Waals surface area contributed by atoms with E-state index in [1.807, 2.05) is 0 Å². The Morgan fingerprint density at radius 1 is 0.595 bits per heavy atom. The van der Waals surface area contributed by atoms with E-state index >= 15 is 0 Å². The molecule has 0 saturated heterocycles. The monoisotopic (exact) mass is 580 g/mol. The molecular weight excluding hydrogens is 519 g/mol. The number of unbranched alkanes of at least 4 members (excludes halogenated alkanes) is 25. The summed E-state index contributed by atoms with van der Waals surface area (Å²) < 4.78 is 15.9. The van der Waals surface area contributed by atoms with Crippen molar-refractivity contribution in [3.05, 3.63) is 0 Å². The van der Waals surface area contributed by atoms with Gasteiger partial charge < -0.3 is 9.79 Å². The predicted octanol–water partition coefficient (Wildman–Crippen LogP) is 11.3. The zero-order valence-electron chi connectivity index (χ0n) is 24.2. The van der Waals surface area contributed by atoms with Gasteiger partial charge in [0.15, 0.2) is 0 Å². The van der Waals surface area contributed by atoms with Crippen LogP contribution in [0.4, 0.5) is 0 Å². The van der Waals surface area contributed by atoms with Crippen LogP contribution in [0.5, 0.6) is 0 Å². The van der Waals surface area contributed by atoms with Gasteiger partial charge in [0.1, 0.15) is 6.10 Å². The Labute approximate surface area is 241 Å². The van der Waals surface area contributed by atoms with Gasteiger partial charge in [0.2, 0.25) is 0 Å². The van der Waals surface area contributed by atoms with Gasteiger partial charge in [-0.05, 0) is 6.42 Å². The molecular formula is C30H61O4PS2. The summed E-state index contributed by atoms with van der Waals surface area (Å²) in [7, 11) is -4.51. The van der Waals surface area contributed by atoms with Crippen molar-refractivity contribution < 1.29 is 18.9 Å². The van der Waals surface area contributed by atoms with Crippen LogP contribution in [0.2, 0.25) is 0 Å². The van der Waals surface area contributed by atoms with E-state index in [-0.39, 0.29) is 4.20 Å². The largest absolute Gasteiger partial charge is 0.470 e. The summed E-state index contributed by atoms with van der Waals surface area (Å²) >= 11 is 8.95. The Hall–Kier alpha value is 0.550. The maximum atomic E-state index is 11.0. The minimum atomic E-state index is -4.51. The standard InChI is InChI=1S/C30H61O4PS2/c1-2-3-4-5-6-7-8-9-10-11-12-13-14-15-16-17-18-19-20-21-22-23-24-25-26-27-28-29(30(36)37)34-35(31,32)33/h29H,2-28H2,1H3,(H,36,37)(H2,31,32,33). The first-order valence-electron chi connectivity index (χ1n) is 15.8. The van der Waals surface area contributed by atoms with Gasteiger partial charge in [-0.25, -0.2) is 4.57 Å². The highest BCUT2D eigenvalue weighted by Gasteiger charge is 2.23. The van der Waals surface area contributed by atoms with Crippen LogP contribution in [-0.2, 0) is 9.09 Å². The second-order valence-corrected chi connectivity index (χ2v) is 13.5. The number of thiocarbonyl (C=S) groups is 1. The van der Waals surface area contributed by atoms with E-state index in [0.717, 1.165) is 19.3 Å². The molecule has 0 rings (SSSR count). The molecule has 0 fully saturated rings. The van der Waals surface area contributed by atoms with Gasteiger partial charge in [-0.2, -0.15) is 0 Å². The van der Waals surface area contributed by atoms with Crippen LogP contribution in [0.3, 0.4) is 0 Å². The van der Waals surface area contributed by atoms with Gasteiger partial charge in [0.05, 0.1) is 4.20 Å². The number of hydrogen-bond acceptors (Lipinski definition) is 3. The summed E-state index contributed by atoms with van der Waals surface area (Å²) in [4.78, 5) is 17.9. The Balaban J connectivity index is 3.21. The van der Waals surface area contributed by atoms with Crippen LogP contribution < -0.4 is 0 Å². The van der Waals surface area contributed by atoms with E-state index in [4.69, 9.17) is 26.5 Å². The Morgan fingerprint density at radius 3 is 1.05 bits per heavy atom. The molecule has 0 amide bonds. The second-order valence-electron chi connectivity index (χ2n) is 11.1. The fourth-order valence-electron chi connectivity index (χ4n) is 5.03. The third-order valence-electron chi connectivity index (χ3n) is 7.36. The van der Waals surface area contributed by atoms with Gasteiger partial charge in [0.25, 0.3) is 0 Å². The van der Waals surface area contributed by atoms with E-state index < -0.39 is 13.9 Å². The molecule has 0 aliphatic heterocycles. The molecule has 0 aliphatic rings. The van der Waals surface area contributed by atoms with Crippen LogP contribution in [0.15, 0.2) is 0 Å². The fraction of sp³-hybridized carbons (Fsp3) is 0.967. The maximum absolute atomic E-state index is 11.0. The van der Waals surface area contributed by atoms with Crippen molar-refractivity contribution >= 4 is 36.9 Å². The highest BCUT2D eigenvalue weighted by Crippen LogP contribution is 2.39. The quantitative estimate of drug-likeness (QED) is 0.0341. The van der Waals surface area contributed by atoms with Crippen molar-refractivity contribution in [3.63, 3.8) is 0 Å². The maximum Gasteiger partial charge on any atom is 0.470 e. The molecule has 0 radical (unpaired) electrons. The van der Waals surface area contributed by atoms with Crippen molar-refractivity contribution in [1.29, 1.82) is 0 Å². The lowest BCUT2D eigenvalue weighted by Gasteiger charge is -2.16. The summed E-state index contributed by atoms with van der Waals surface area (Å²) in [5.41, 5.74) is 0. The van der Waals surface area contributed by atoms with Crippen LogP contribution in [0, 0.1) is 0 Å². The number of thiol groups is 1. The van der Waals surface area contributed by atoms with E-state index in [9.17, 15) is 4.57 Å².